The van der Waals surface area contributed by atoms with E-state index < -0.39 is 0 Å². The molecule has 1 aromatic heterocycles. The smallest absolute Gasteiger partial charge is 0.160 e. The van der Waals surface area contributed by atoms with E-state index in [4.69, 9.17) is 14.4 Å². The molecule has 1 aliphatic rings. The number of nitrogens with zero attached hydrogens (tertiary/aromatic N) is 2. The summed E-state index contributed by atoms with van der Waals surface area (Å²) in [6, 6.07) is 57.5. The van der Waals surface area contributed by atoms with Crippen molar-refractivity contribution in [3.05, 3.63) is 186 Å². The first-order chi connectivity index (χ1) is 24.2. The Morgan fingerprint density at radius 1 is 0.469 bits per heavy atom. The van der Waals surface area contributed by atoms with Crippen LogP contribution in [-0.2, 0) is 0 Å². The summed E-state index contributed by atoms with van der Waals surface area (Å²) in [5.74, 6) is 0.709. The molecule has 0 spiro atoms. The SMILES string of the molecule is CC1=C(c2cccc(-c3cccc4oc5ccccc5c34)c2)N=C(c2cccc(-c3ccccc3)c2)N=C(c2ccc3ccccc3c2)C1. The van der Waals surface area contributed by atoms with Crippen LogP contribution >= 0.6 is 0 Å². The fourth-order valence-corrected chi connectivity index (χ4v) is 7.02. The van der Waals surface area contributed by atoms with Gasteiger partial charge in [0.05, 0.1) is 11.4 Å². The molecular weight excluding hydrogens is 597 g/mol. The van der Waals surface area contributed by atoms with Crippen LogP contribution in [0.3, 0.4) is 0 Å². The van der Waals surface area contributed by atoms with Gasteiger partial charge in [0.1, 0.15) is 11.2 Å². The number of benzene rings is 7. The van der Waals surface area contributed by atoms with Gasteiger partial charge in [-0.25, -0.2) is 9.98 Å². The molecule has 0 amide bonds. The van der Waals surface area contributed by atoms with Gasteiger partial charge >= 0.3 is 0 Å². The highest BCUT2D eigenvalue weighted by Gasteiger charge is 2.19. The zero-order valence-corrected chi connectivity index (χ0v) is 27.1. The molecule has 49 heavy (non-hydrogen) atoms. The van der Waals surface area contributed by atoms with Crippen molar-refractivity contribution in [3.8, 4) is 22.3 Å². The topological polar surface area (TPSA) is 37.9 Å². The molecular formula is C46H32N2O. The van der Waals surface area contributed by atoms with Gasteiger partial charge in [-0.2, -0.15) is 0 Å². The van der Waals surface area contributed by atoms with Gasteiger partial charge in [0.2, 0.25) is 0 Å². The number of furan rings is 1. The molecule has 8 aromatic rings. The summed E-state index contributed by atoms with van der Waals surface area (Å²) in [6.45, 7) is 2.19. The van der Waals surface area contributed by atoms with Crippen molar-refractivity contribution in [1.82, 2.24) is 0 Å². The predicted octanol–water partition coefficient (Wildman–Crippen LogP) is 12.1. The molecule has 3 nitrogen and oxygen atoms in total. The maximum absolute atomic E-state index is 6.23. The molecule has 2 heterocycles. The molecule has 0 aliphatic carbocycles. The monoisotopic (exact) mass is 628 g/mol. The van der Waals surface area contributed by atoms with Crippen LogP contribution in [0, 0.1) is 0 Å². The zero-order valence-electron chi connectivity index (χ0n) is 27.1. The third kappa shape index (κ3) is 5.36. The Hall–Kier alpha value is -6.32. The lowest BCUT2D eigenvalue weighted by molar-refractivity contribution is 0.669. The highest BCUT2D eigenvalue weighted by Crippen LogP contribution is 2.38. The number of rotatable bonds is 5. The molecule has 0 radical (unpaired) electrons. The van der Waals surface area contributed by atoms with Crippen LogP contribution in [0.2, 0.25) is 0 Å². The van der Waals surface area contributed by atoms with E-state index in [0.29, 0.717) is 12.3 Å². The lowest BCUT2D eigenvalue weighted by Gasteiger charge is -2.11. The molecule has 1 aliphatic heterocycles. The maximum atomic E-state index is 6.23. The van der Waals surface area contributed by atoms with E-state index in [-0.39, 0.29) is 0 Å². The molecule has 232 valence electrons. The van der Waals surface area contributed by atoms with Crippen molar-refractivity contribution >= 4 is 50.0 Å². The molecule has 0 saturated heterocycles. The number of fused-ring (bicyclic) bond motifs is 4. The second-order valence-corrected chi connectivity index (χ2v) is 12.7. The molecule has 3 heteroatoms. The van der Waals surface area contributed by atoms with Crippen LogP contribution < -0.4 is 0 Å². The molecule has 0 bridgehead atoms. The molecule has 0 atom stereocenters. The number of allylic oxidation sites excluding steroid dienone is 1. The largest absolute Gasteiger partial charge is 0.456 e. The van der Waals surface area contributed by atoms with Gasteiger partial charge in [0.25, 0.3) is 0 Å². The van der Waals surface area contributed by atoms with E-state index in [2.05, 4.69) is 146 Å². The van der Waals surface area contributed by atoms with Crippen LogP contribution in [0.15, 0.2) is 184 Å². The Balaban J connectivity index is 1.20. The fraction of sp³-hybridized carbons (Fsp3) is 0.0435. The molecule has 0 saturated carbocycles. The fourth-order valence-electron chi connectivity index (χ4n) is 7.02. The third-order valence-electron chi connectivity index (χ3n) is 9.46. The van der Waals surface area contributed by atoms with Gasteiger partial charge in [0.15, 0.2) is 5.84 Å². The summed E-state index contributed by atoms with van der Waals surface area (Å²) in [6.07, 6.45) is 0.686. The number of hydrogen-bond donors (Lipinski definition) is 0. The number of para-hydroxylation sites is 1. The number of aliphatic imine (C=N–C) groups is 2. The summed E-state index contributed by atoms with van der Waals surface area (Å²) in [5, 5.41) is 4.67. The van der Waals surface area contributed by atoms with Crippen molar-refractivity contribution in [2.24, 2.45) is 9.98 Å². The second kappa shape index (κ2) is 12.0. The number of hydrogen-bond acceptors (Lipinski definition) is 3. The van der Waals surface area contributed by atoms with E-state index in [1.807, 2.05) is 24.3 Å². The highest BCUT2D eigenvalue weighted by molar-refractivity contribution is 6.17. The zero-order chi connectivity index (χ0) is 32.7. The highest BCUT2D eigenvalue weighted by atomic mass is 16.3. The van der Waals surface area contributed by atoms with Gasteiger partial charge in [-0.3, -0.25) is 0 Å². The lowest BCUT2D eigenvalue weighted by atomic mass is 9.95. The minimum Gasteiger partial charge on any atom is -0.456 e. The van der Waals surface area contributed by atoms with Crippen LogP contribution in [-0.4, -0.2) is 11.5 Å². The van der Waals surface area contributed by atoms with Crippen LogP contribution in [0.5, 0.6) is 0 Å². The Labute approximate surface area is 285 Å². The molecule has 0 N–H and O–H groups in total. The molecule has 9 rings (SSSR count). The van der Waals surface area contributed by atoms with Crippen molar-refractivity contribution in [2.45, 2.75) is 13.3 Å². The van der Waals surface area contributed by atoms with E-state index in [1.165, 1.54) is 16.3 Å². The summed E-state index contributed by atoms with van der Waals surface area (Å²) >= 11 is 0. The van der Waals surface area contributed by atoms with Gasteiger partial charge in [-0.15, -0.1) is 0 Å². The standard InChI is InChI=1S/C46H32N2O/c1-30-26-41(36-25-24-32-14-5-6-15-33(32)27-36)47-46(38-19-9-16-34(28-38)31-12-3-2-4-13-31)48-45(30)37-18-10-17-35(29-37)39-21-11-23-43-44(39)40-20-7-8-22-42(40)49-43/h2-25,27-29H,26H2,1H3. The van der Waals surface area contributed by atoms with Crippen molar-refractivity contribution in [1.29, 1.82) is 0 Å². The van der Waals surface area contributed by atoms with E-state index in [1.54, 1.807) is 0 Å². The van der Waals surface area contributed by atoms with Crippen molar-refractivity contribution in [3.63, 3.8) is 0 Å². The minimum atomic E-state index is 0.686. The average Bonchev–Trinajstić information content (AvgIpc) is 3.45. The predicted molar refractivity (Wildman–Crippen MR) is 205 cm³/mol. The Morgan fingerprint density at radius 3 is 2.04 bits per heavy atom. The third-order valence-corrected chi connectivity index (χ3v) is 9.46. The first kappa shape index (κ1) is 28.9. The number of amidine groups is 1. The minimum absolute atomic E-state index is 0.686. The van der Waals surface area contributed by atoms with Crippen LogP contribution in [0.1, 0.15) is 30.0 Å². The van der Waals surface area contributed by atoms with Gasteiger partial charge in [0, 0.05) is 28.3 Å². The second-order valence-electron chi connectivity index (χ2n) is 12.7. The first-order valence-electron chi connectivity index (χ1n) is 16.7. The van der Waals surface area contributed by atoms with E-state index >= 15 is 0 Å². The lowest BCUT2D eigenvalue weighted by Crippen LogP contribution is -2.06. The Bertz CT molecular complexity index is 2640. The maximum Gasteiger partial charge on any atom is 0.160 e. The summed E-state index contributed by atoms with van der Waals surface area (Å²) in [5.41, 5.74) is 12.6. The van der Waals surface area contributed by atoms with Gasteiger partial charge in [-0.05, 0) is 81.4 Å². The van der Waals surface area contributed by atoms with Gasteiger partial charge in [-0.1, -0.05) is 133 Å². The average molecular weight is 629 g/mol. The molecule has 7 aromatic carbocycles. The summed E-state index contributed by atoms with van der Waals surface area (Å²) in [7, 11) is 0. The van der Waals surface area contributed by atoms with Crippen molar-refractivity contribution in [2.75, 3.05) is 0 Å². The van der Waals surface area contributed by atoms with Crippen LogP contribution in [0.4, 0.5) is 0 Å². The summed E-state index contributed by atoms with van der Waals surface area (Å²) < 4.78 is 6.23. The molecule has 0 unspecified atom stereocenters. The molecule has 0 fully saturated rings. The summed E-state index contributed by atoms with van der Waals surface area (Å²) in [4.78, 5) is 10.7. The Morgan fingerprint density at radius 2 is 1.14 bits per heavy atom. The quantitative estimate of drug-likeness (QED) is 0.187. The first-order valence-corrected chi connectivity index (χ1v) is 16.7. The normalized spacial score (nSPS) is 13.5. The van der Waals surface area contributed by atoms with Crippen LogP contribution in [0.25, 0.3) is 60.7 Å². The van der Waals surface area contributed by atoms with Crippen molar-refractivity contribution < 1.29 is 4.42 Å². The Kier molecular flexibility index (Phi) is 7.09. The van der Waals surface area contributed by atoms with E-state index in [9.17, 15) is 0 Å². The van der Waals surface area contributed by atoms with E-state index in [0.717, 1.165) is 72.3 Å². The van der Waals surface area contributed by atoms with Gasteiger partial charge < -0.3 is 4.42 Å².